The molecular formula is C26H35IN2O4. The van der Waals surface area contributed by atoms with Gasteiger partial charge in [-0.1, -0.05) is 57.9 Å². The largest absolute Gasteiger partial charge is 0.493 e. The lowest BCUT2D eigenvalue weighted by molar-refractivity contribution is -0.139. The number of methoxy groups -OCH3 is 1. The van der Waals surface area contributed by atoms with Gasteiger partial charge in [-0.25, -0.2) is 4.79 Å². The minimum Gasteiger partial charge on any atom is -0.493 e. The fraction of sp³-hybridized carbons (Fsp3) is 0.385. The van der Waals surface area contributed by atoms with Crippen molar-refractivity contribution in [2.24, 2.45) is 5.92 Å². The smallest absolute Gasteiger partial charge is 0.385 e. The summed E-state index contributed by atoms with van der Waals surface area (Å²) in [5, 5.41) is 8.16. The highest BCUT2D eigenvalue weighted by Gasteiger charge is 2.07. The van der Waals surface area contributed by atoms with Crippen molar-refractivity contribution >= 4 is 40.3 Å². The number of ether oxygens (including phenoxy) is 3. The summed E-state index contributed by atoms with van der Waals surface area (Å²) in [7, 11) is 1.61. The van der Waals surface area contributed by atoms with Crippen LogP contribution in [0.4, 0.5) is 5.69 Å². The van der Waals surface area contributed by atoms with E-state index in [4.69, 9.17) is 19.6 Å². The van der Waals surface area contributed by atoms with Crippen LogP contribution in [0.3, 0.4) is 0 Å². The number of nitrogens with zero attached hydrogens (tertiary/aromatic N) is 2. The highest BCUT2D eigenvalue weighted by molar-refractivity contribution is 14.1. The van der Waals surface area contributed by atoms with Crippen LogP contribution in [0.25, 0.3) is 11.1 Å². The third-order valence-corrected chi connectivity index (χ3v) is 4.55. The lowest BCUT2D eigenvalue weighted by Gasteiger charge is -2.11. The lowest BCUT2D eigenvalue weighted by atomic mass is 10.1. The van der Waals surface area contributed by atoms with Crippen LogP contribution in [0.15, 0.2) is 54.6 Å². The van der Waals surface area contributed by atoms with Crippen molar-refractivity contribution in [1.29, 1.82) is 5.39 Å². The zero-order valence-corrected chi connectivity index (χ0v) is 22.2. The summed E-state index contributed by atoms with van der Waals surface area (Å²) in [6.45, 7) is 7.36. The second-order valence-corrected chi connectivity index (χ2v) is 6.84. The van der Waals surface area contributed by atoms with Crippen LogP contribution in [0.2, 0.25) is 0 Å². The SMILES string of the molecule is CCCOc1cc(/C=C/C(=O)OCC(CC)CC)ccc1OC.N#[N+]c1ccccc1.[CH2-]I. The molecule has 0 aliphatic carbocycles. The van der Waals surface area contributed by atoms with E-state index in [2.05, 4.69) is 23.8 Å². The van der Waals surface area contributed by atoms with Crippen LogP contribution in [0, 0.1) is 16.2 Å². The Morgan fingerprint density at radius 1 is 1.09 bits per heavy atom. The molecule has 33 heavy (non-hydrogen) atoms. The third kappa shape index (κ3) is 13.5. The Morgan fingerprint density at radius 3 is 2.27 bits per heavy atom. The Bertz CT molecular complexity index is 847. The Hall–Kier alpha value is -2.60. The maximum absolute atomic E-state index is 11.8. The van der Waals surface area contributed by atoms with Crippen molar-refractivity contribution < 1.29 is 19.0 Å². The molecular weight excluding hydrogens is 531 g/mol. The molecule has 0 aromatic heterocycles. The van der Waals surface area contributed by atoms with E-state index in [1.807, 2.05) is 65.9 Å². The summed E-state index contributed by atoms with van der Waals surface area (Å²) >= 11 is 1.90. The van der Waals surface area contributed by atoms with Gasteiger partial charge in [0.2, 0.25) is 5.39 Å². The monoisotopic (exact) mass is 566 g/mol. The van der Waals surface area contributed by atoms with Crippen molar-refractivity contribution in [2.75, 3.05) is 20.3 Å². The van der Waals surface area contributed by atoms with Crippen LogP contribution in [0.5, 0.6) is 11.5 Å². The summed E-state index contributed by atoms with van der Waals surface area (Å²) in [6, 6.07) is 14.5. The molecule has 7 heteroatoms. The van der Waals surface area contributed by atoms with Gasteiger partial charge in [0, 0.05) is 18.2 Å². The molecule has 0 radical (unpaired) electrons. The third-order valence-electron chi connectivity index (χ3n) is 4.55. The molecule has 2 aromatic rings. The van der Waals surface area contributed by atoms with Gasteiger partial charge >= 0.3 is 11.7 Å². The highest BCUT2D eigenvalue weighted by atomic mass is 127. The normalized spacial score (nSPS) is 9.76. The summed E-state index contributed by atoms with van der Waals surface area (Å²) in [5.41, 5.74) is 1.46. The second-order valence-electron chi connectivity index (χ2n) is 6.84. The average molecular weight is 566 g/mol. The molecule has 2 rings (SSSR count). The number of benzene rings is 2. The first-order valence-corrected chi connectivity index (χ1v) is 12.4. The predicted molar refractivity (Wildman–Crippen MR) is 143 cm³/mol. The molecule has 0 amide bonds. The Morgan fingerprint density at radius 2 is 1.76 bits per heavy atom. The highest BCUT2D eigenvalue weighted by Crippen LogP contribution is 2.28. The molecule has 0 aliphatic heterocycles. The van der Waals surface area contributed by atoms with E-state index >= 15 is 0 Å². The molecule has 0 atom stereocenters. The van der Waals surface area contributed by atoms with E-state index in [1.165, 1.54) is 6.08 Å². The van der Waals surface area contributed by atoms with E-state index in [9.17, 15) is 4.79 Å². The van der Waals surface area contributed by atoms with Gasteiger partial charge in [-0.2, -0.15) is 0 Å². The van der Waals surface area contributed by atoms with Gasteiger partial charge in [0.05, 0.1) is 20.3 Å². The first-order chi connectivity index (χ1) is 16.1. The lowest BCUT2D eigenvalue weighted by Crippen LogP contribution is -2.11. The molecule has 6 nitrogen and oxygen atoms in total. The van der Waals surface area contributed by atoms with Crippen LogP contribution < -0.4 is 9.47 Å². The summed E-state index contributed by atoms with van der Waals surface area (Å²) in [4.78, 5) is 18.0. The summed E-state index contributed by atoms with van der Waals surface area (Å²) in [5.74, 6) is 1.49. The molecule has 180 valence electrons. The topological polar surface area (TPSA) is 72.9 Å². The molecule has 0 spiro atoms. The van der Waals surface area contributed by atoms with Crippen molar-refractivity contribution in [2.45, 2.75) is 40.0 Å². The summed E-state index contributed by atoms with van der Waals surface area (Å²) < 4.78 is 16.2. The number of esters is 1. The van der Waals surface area contributed by atoms with Gasteiger partial charge in [0.1, 0.15) is 0 Å². The fourth-order valence-electron chi connectivity index (χ4n) is 2.55. The molecule has 0 aliphatic rings. The van der Waals surface area contributed by atoms with Crippen molar-refractivity contribution in [3.8, 4) is 11.5 Å². The average Bonchev–Trinajstić information content (AvgIpc) is 2.88. The van der Waals surface area contributed by atoms with E-state index in [-0.39, 0.29) is 5.97 Å². The number of rotatable bonds is 10. The zero-order valence-electron chi connectivity index (χ0n) is 20.0. The van der Waals surface area contributed by atoms with E-state index < -0.39 is 0 Å². The van der Waals surface area contributed by atoms with E-state index in [0.29, 0.717) is 36.3 Å². The molecule has 2 aromatic carbocycles. The minimum absolute atomic E-state index is 0.316. The number of hydrogen-bond donors (Lipinski definition) is 0. The molecule has 0 heterocycles. The number of carbonyl (C=O) groups excluding carboxylic acids is 1. The number of carbonyl (C=O) groups is 1. The quantitative estimate of drug-likeness (QED) is 0.0963. The number of diazo groups is 1. The standard InChI is InChI=1S/C19H28O4.C6H5N2.CH2I/c1-5-12-22-18-13-16(8-10-17(18)21-4)9-11-19(20)23-14-15(6-2)7-3;7-8-6-4-2-1-3-5-6;1-2/h8-11,13,15H,5-7,12,14H2,1-4H3;1-5H;1H2/q;+1;-1/b11-9+;;. The second kappa shape index (κ2) is 20.0. The van der Waals surface area contributed by atoms with Crippen LogP contribution >= 0.6 is 22.6 Å². The molecule has 0 fully saturated rings. The van der Waals surface area contributed by atoms with Gasteiger partial charge in [0.25, 0.3) is 0 Å². The Kier molecular flexibility index (Phi) is 18.5. The van der Waals surface area contributed by atoms with Crippen molar-refractivity contribution in [3.63, 3.8) is 0 Å². The van der Waals surface area contributed by atoms with E-state index in [1.54, 1.807) is 25.3 Å². The van der Waals surface area contributed by atoms with Crippen LogP contribution in [-0.2, 0) is 9.53 Å². The molecule has 0 saturated heterocycles. The minimum atomic E-state index is -0.316. The van der Waals surface area contributed by atoms with Gasteiger partial charge in [0.15, 0.2) is 16.5 Å². The van der Waals surface area contributed by atoms with Gasteiger partial charge in [-0.15, -0.1) is 0 Å². The van der Waals surface area contributed by atoms with Gasteiger partial charge in [-0.3, -0.25) is 4.93 Å². The first-order valence-electron chi connectivity index (χ1n) is 10.9. The van der Waals surface area contributed by atoms with Gasteiger partial charge in [-0.05, 0) is 36.1 Å². The number of hydrogen-bond acceptors (Lipinski definition) is 5. The summed E-state index contributed by atoms with van der Waals surface area (Å²) in [6.07, 6.45) is 6.14. The number of halogens is 1. The zero-order chi connectivity index (χ0) is 24.9. The maximum Gasteiger partial charge on any atom is 0.385 e. The fourth-order valence-corrected chi connectivity index (χ4v) is 2.55. The molecule has 0 N–H and O–H groups in total. The van der Waals surface area contributed by atoms with Crippen LogP contribution in [0.1, 0.15) is 45.6 Å². The first kappa shape index (κ1) is 30.4. The molecule has 0 bridgehead atoms. The Balaban J connectivity index is 0.000000849. The van der Waals surface area contributed by atoms with Crippen LogP contribution in [-0.4, -0.2) is 26.3 Å². The van der Waals surface area contributed by atoms with E-state index in [0.717, 1.165) is 24.8 Å². The molecule has 0 unspecified atom stereocenters. The molecule has 0 saturated carbocycles. The predicted octanol–water partition coefficient (Wildman–Crippen LogP) is 7.86. The van der Waals surface area contributed by atoms with Gasteiger partial charge < -0.3 is 36.8 Å². The Labute approximate surface area is 212 Å². The van der Waals surface area contributed by atoms with Crippen molar-refractivity contribution in [3.05, 3.63) is 70.1 Å². The van der Waals surface area contributed by atoms with Crippen molar-refractivity contribution in [1.82, 2.24) is 0 Å². The maximum atomic E-state index is 11.8.